The molecule has 1 aliphatic rings. The summed E-state index contributed by atoms with van der Waals surface area (Å²) in [4.78, 5) is 37.8. The molecule has 0 aliphatic carbocycles. The molecule has 0 bridgehead atoms. The summed E-state index contributed by atoms with van der Waals surface area (Å²) in [5, 5.41) is 3.86. The molecule has 0 spiro atoms. The summed E-state index contributed by atoms with van der Waals surface area (Å²) in [7, 11) is 0. The molecular formula is C19H12N2O3. The normalized spacial score (nSPS) is 13.2. The number of anilines is 2. The quantitative estimate of drug-likeness (QED) is 0.596. The molecule has 1 aliphatic heterocycles. The standard InChI is InChI=1S/C19H12N2O3/c22-11-20-16-10-9-15-17-13(16)7-4-8-14(17)18(23)21(19(15)24)12-5-2-1-3-6-12/h1-11H,(H,20,22). The summed E-state index contributed by atoms with van der Waals surface area (Å²) in [6.07, 6.45) is 0.576. The van der Waals surface area contributed by atoms with Crippen LogP contribution in [0.4, 0.5) is 11.4 Å². The molecule has 116 valence electrons. The molecule has 0 unspecified atom stereocenters. The van der Waals surface area contributed by atoms with E-state index in [1.165, 1.54) is 4.90 Å². The van der Waals surface area contributed by atoms with Gasteiger partial charge >= 0.3 is 0 Å². The van der Waals surface area contributed by atoms with Crippen LogP contribution in [-0.4, -0.2) is 18.2 Å². The van der Waals surface area contributed by atoms with Crippen LogP contribution >= 0.6 is 0 Å². The van der Waals surface area contributed by atoms with Crippen LogP contribution < -0.4 is 10.2 Å². The van der Waals surface area contributed by atoms with Crippen LogP contribution in [0.5, 0.6) is 0 Å². The Morgan fingerprint density at radius 3 is 2.21 bits per heavy atom. The average Bonchev–Trinajstić information content (AvgIpc) is 2.62. The lowest BCUT2D eigenvalue weighted by atomic mass is 9.92. The maximum Gasteiger partial charge on any atom is 0.265 e. The highest BCUT2D eigenvalue weighted by atomic mass is 16.2. The first-order valence-corrected chi connectivity index (χ1v) is 7.42. The van der Waals surface area contributed by atoms with Crippen LogP contribution in [0.25, 0.3) is 10.8 Å². The number of amides is 3. The molecule has 5 heteroatoms. The largest absolute Gasteiger partial charge is 0.328 e. The van der Waals surface area contributed by atoms with Gasteiger partial charge in [-0.25, -0.2) is 4.90 Å². The van der Waals surface area contributed by atoms with E-state index in [4.69, 9.17) is 0 Å². The van der Waals surface area contributed by atoms with E-state index >= 15 is 0 Å². The molecule has 24 heavy (non-hydrogen) atoms. The summed E-state index contributed by atoms with van der Waals surface area (Å²) in [5.41, 5.74) is 1.99. The Morgan fingerprint density at radius 1 is 0.792 bits per heavy atom. The number of carbonyl (C=O) groups is 3. The summed E-state index contributed by atoms with van der Waals surface area (Å²) in [6, 6.07) is 17.4. The summed E-state index contributed by atoms with van der Waals surface area (Å²) in [6.45, 7) is 0. The first-order chi connectivity index (χ1) is 11.7. The lowest BCUT2D eigenvalue weighted by Crippen LogP contribution is -2.40. The molecule has 4 rings (SSSR count). The molecule has 0 radical (unpaired) electrons. The van der Waals surface area contributed by atoms with Crippen molar-refractivity contribution in [1.82, 2.24) is 0 Å². The Hall–Kier alpha value is -3.47. The fourth-order valence-corrected chi connectivity index (χ4v) is 3.10. The second kappa shape index (κ2) is 5.31. The van der Waals surface area contributed by atoms with Gasteiger partial charge in [0.25, 0.3) is 11.8 Å². The van der Waals surface area contributed by atoms with E-state index in [1.807, 2.05) is 6.07 Å². The zero-order chi connectivity index (χ0) is 16.7. The predicted octanol–water partition coefficient (Wildman–Crippen LogP) is 3.21. The zero-order valence-corrected chi connectivity index (χ0v) is 12.5. The first-order valence-electron chi connectivity index (χ1n) is 7.42. The van der Waals surface area contributed by atoms with Crippen LogP contribution in [-0.2, 0) is 4.79 Å². The summed E-state index contributed by atoms with van der Waals surface area (Å²) in [5.74, 6) is -0.736. The van der Waals surface area contributed by atoms with Gasteiger partial charge in [-0.15, -0.1) is 0 Å². The van der Waals surface area contributed by atoms with Gasteiger partial charge in [-0.1, -0.05) is 30.3 Å². The Morgan fingerprint density at radius 2 is 1.50 bits per heavy atom. The van der Waals surface area contributed by atoms with Crippen LogP contribution in [0.1, 0.15) is 20.7 Å². The van der Waals surface area contributed by atoms with Gasteiger partial charge in [0.2, 0.25) is 6.41 Å². The molecule has 5 nitrogen and oxygen atoms in total. The number of carbonyl (C=O) groups excluding carboxylic acids is 3. The van der Waals surface area contributed by atoms with Crippen molar-refractivity contribution in [3.63, 3.8) is 0 Å². The number of hydrogen-bond donors (Lipinski definition) is 1. The lowest BCUT2D eigenvalue weighted by Gasteiger charge is -2.27. The number of rotatable bonds is 3. The molecule has 0 aromatic heterocycles. The van der Waals surface area contributed by atoms with Gasteiger partial charge < -0.3 is 5.32 Å². The van der Waals surface area contributed by atoms with Gasteiger partial charge in [0.1, 0.15) is 0 Å². The number of para-hydroxylation sites is 1. The number of nitrogens with zero attached hydrogens (tertiary/aromatic N) is 1. The van der Waals surface area contributed by atoms with E-state index in [2.05, 4.69) is 5.32 Å². The highest BCUT2D eigenvalue weighted by molar-refractivity contribution is 6.36. The topological polar surface area (TPSA) is 66.5 Å². The van der Waals surface area contributed by atoms with Gasteiger partial charge in [-0.3, -0.25) is 14.4 Å². The molecule has 3 amide bonds. The minimum absolute atomic E-state index is 0.368. The van der Waals surface area contributed by atoms with Crippen molar-refractivity contribution in [2.45, 2.75) is 0 Å². The maximum atomic E-state index is 12.9. The number of nitrogens with one attached hydrogen (secondary N) is 1. The maximum absolute atomic E-state index is 12.9. The Balaban J connectivity index is 1.99. The fourth-order valence-electron chi connectivity index (χ4n) is 3.10. The van der Waals surface area contributed by atoms with Crippen LogP contribution in [0, 0.1) is 0 Å². The van der Waals surface area contributed by atoms with Crippen LogP contribution in [0.2, 0.25) is 0 Å². The molecule has 3 aromatic carbocycles. The molecule has 1 heterocycles. The van der Waals surface area contributed by atoms with Gasteiger partial charge in [-0.05, 0) is 30.3 Å². The third-order valence-electron chi connectivity index (χ3n) is 4.14. The SMILES string of the molecule is O=CNc1ccc2c3c(cccc13)C(=O)N(c1ccccc1)C2=O. The van der Waals surface area contributed by atoms with E-state index in [0.717, 1.165) is 0 Å². The molecule has 0 saturated carbocycles. The van der Waals surface area contributed by atoms with Crippen molar-refractivity contribution in [3.05, 3.63) is 71.8 Å². The van der Waals surface area contributed by atoms with E-state index in [-0.39, 0.29) is 11.8 Å². The smallest absolute Gasteiger partial charge is 0.265 e. The van der Waals surface area contributed by atoms with Crippen molar-refractivity contribution in [1.29, 1.82) is 0 Å². The van der Waals surface area contributed by atoms with Crippen molar-refractivity contribution in [3.8, 4) is 0 Å². The molecular weight excluding hydrogens is 304 g/mol. The van der Waals surface area contributed by atoms with E-state index in [1.54, 1.807) is 54.6 Å². The van der Waals surface area contributed by atoms with E-state index in [9.17, 15) is 14.4 Å². The minimum Gasteiger partial charge on any atom is -0.328 e. The van der Waals surface area contributed by atoms with Crippen LogP contribution in [0.15, 0.2) is 60.7 Å². The summed E-state index contributed by atoms with van der Waals surface area (Å²) >= 11 is 0. The second-order valence-electron chi connectivity index (χ2n) is 5.43. The fraction of sp³-hybridized carbons (Fsp3) is 0. The second-order valence-corrected chi connectivity index (χ2v) is 5.43. The number of hydrogen-bond acceptors (Lipinski definition) is 3. The monoisotopic (exact) mass is 316 g/mol. The Bertz CT molecular complexity index is 974. The number of imide groups is 1. The van der Waals surface area contributed by atoms with Gasteiger partial charge in [0.15, 0.2) is 0 Å². The highest BCUT2D eigenvalue weighted by Gasteiger charge is 2.34. The molecule has 0 fully saturated rings. The Labute approximate surface area is 137 Å². The number of benzene rings is 3. The Kier molecular flexibility index (Phi) is 3.13. The lowest BCUT2D eigenvalue weighted by molar-refractivity contribution is -0.105. The van der Waals surface area contributed by atoms with Gasteiger partial charge in [-0.2, -0.15) is 0 Å². The van der Waals surface area contributed by atoms with Crippen LogP contribution in [0.3, 0.4) is 0 Å². The third-order valence-corrected chi connectivity index (χ3v) is 4.14. The molecule has 1 N–H and O–H groups in total. The summed E-state index contributed by atoms with van der Waals surface area (Å²) < 4.78 is 0. The van der Waals surface area contributed by atoms with Crippen molar-refractivity contribution in [2.24, 2.45) is 0 Å². The minimum atomic E-state index is -0.368. The van der Waals surface area contributed by atoms with Gasteiger partial charge in [0.05, 0.1) is 5.69 Å². The van der Waals surface area contributed by atoms with E-state index < -0.39 is 0 Å². The van der Waals surface area contributed by atoms with Crippen molar-refractivity contribution < 1.29 is 14.4 Å². The first kappa shape index (κ1) is 14.1. The van der Waals surface area contributed by atoms with E-state index in [0.29, 0.717) is 39.7 Å². The molecule has 3 aromatic rings. The predicted molar refractivity (Wildman–Crippen MR) is 91.2 cm³/mol. The van der Waals surface area contributed by atoms with Crippen molar-refractivity contribution in [2.75, 3.05) is 10.2 Å². The average molecular weight is 316 g/mol. The molecule has 0 saturated heterocycles. The third kappa shape index (κ3) is 1.91. The van der Waals surface area contributed by atoms with Gasteiger partial charge in [0, 0.05) is 27.6 Å². The van der Waals surface area contributed by atoms with Crippen molar-refractivity contribution >= 4 is 40.4 Å². The highest BCUT2D eigenvalue weighted by Crippen LogP contribution is 2.35. The molecule has 0 atom stereocenters. The zero-order valence-electron chi connectivity index (χ0n) is 12.5.